The van der Waals surface area contributed by atoms with E-state index in [4.69, 9.17) is 21.1 Å². The van der Waals surface area contributed by atoms with E-state index in [0.29, 0.717) is 16.5 Å². The first kappa shape index (κ1) is 23.6. The van der Waals surface area contributed by atoms with Gasteiger partial charge in [0.05, 0.1) is 17.7 Å². The van der Waals surface area contributed by atoms with Crippen molar-refractivity contribution in [2.45, 2.75) is 25.7 Å². The predicted octanol–water partition coefficient (Wildman–Crippen LogP) is 5.07. The minimum absolute atomic E-state index is 0.00505. The molecule has 0 aliphatic heterocycles. The largest absolute Gasteiger partial charge is 0.497 e. The van der Waals surface area contributed by atoms with Gasteiger partial charge in [0, 0.05) is 5.02 Å². The summed E-state index contributed by atoms with van der Waals surface area (Å²) in [5.41, 5.74) is 2.69. The summed E-state index contributed by atoms with van der Waals surface area (Å²) in [5, 5.41) is 0.616. The van der Waals surface area contributed by atoms with Crippen molar-refractivity contribution in [3.63, 3.8) is 0 Å². The number of anilines is 1. The number of carbonyl (C=O) groups excluding carboxylic acids is 1. The molecule has 0 saturated carbocycles. The van der Waals surface area contributed by atoms with Gasteiger partial charge in [-0.2, -0.15) is 4.31 Å². The van der Waals surface area contributed by atoms with E-state index < -0.39 is 22.5 Å². The van der Waals surface area contributed by atoms with Gasteiger partial charge in [-0.25, -0.2) is 8.42 Å². The second-order valence-corrected chi connectivity index (χ2v) is 9.50. The second kappa shape index (κ2) is 9.63. The average Bonchev–Trinajstić information content (AvgIpc) is 2.76. The summed E-state index contributed by atoms with van der Waals surface area (Å²) in [6, 6.07) is 15.9. The Morgan fingerprint density at radius 2 is 1.47 bits per heavy atom. The van der Waals surface area contributed by atoms with Crippen LogP contribution in [-0.2, 0) is 14.8 Å². The Morgan fingerprint density at radius 1 is 0.906 bits per heavy atom. The van der Waals surface area contributed by atoms with Crippen molar-refractivity contribution in [2.24, 2.45) is 0 Å². The van der Waals surface area contributed by atoms with Crippen LogP contribution in [0.4, 0.5) is 5.69 Å². The zero-order valence-corrected chi connectivity index (χ0v) is 19.8. The number of carbonyl (C=O) groups is 1. The van der Waals surface area contributed by atoms with Crippen molar-refractivity contribution >= 4 is 33.2 Å². The van der Waals surface area contributed by atoms with Crippen LogP contribution < -0.4 is 13.8 Å². The Kier molecular flexibility index (Phi) is 7.11. The summed E-state index contributed by atoms with van der Waals surface area (Å²) in [5.74, 6) is 0.235. The van der Waals surface area contributed by atoms with Gasteiger partial charge >= 0.3 is 0 Å². The van der Waals surface area contributed by atoms with Crippen LogP contribution in [-0.4, -0.2) is 28.0 Å². The predicted molar refractivity (Wildman–Crippen MR) is 125 cm³/mol. The Balaban J connectivity index is 1.96. The molecule has 0 fully saturated rings. The van der Waals surface area contributed by atoms with Crippen LogP contribution >= 0.6 is 11.6 Å². The van der Waals surface area contributed by atoms with Crippen LogP contribution in [0.15, 0.2) is 65.6 Å². The van der Waals surface area contributed by atoms with Crippen LogP contribution in [0.2, 0.25) is 5.02 Å². The minimum atomic E-state index is -4.18. The van der Waals surface area contributed by atoms with Crippen molar-refractivity contribution < 1.29 is 22.7 Å². The Bertz CT molecular complexity index is 1200. The molecular weight excluding hydrogens is 450 g/mol. The zero-order valence-electron chi connectivity index (χ0n) is 18.3. The molecule has 1 amide bonds. The normalized spacial score (nSPS) is 11.2. The summed E-state index contributed by atoms with van der Waals surface area (Å²) in [6.45, 7) is 5.04. The van der Waals surface area contributed by atoms with E-state index >= 15 is 0 Å². The van der Waals surface area contributed by atoms with E-state index in [9.17, 15) is 13.2 Å². The molecule has 6 nitrogen and oxygen atoms in total. The summed E-state index contributed by atoms with van der Waals surface area (Å²) in [6.07, 6.45) is 0. The fourth-order valence-electron chi connectivity index (χ4n) is 3.14. The number of sulfonamides is 1. The molecule has 0 saturated heterocycles. The molecule has 0 radical (unpaired) electrons. The highest BCUT2D eigenvalue weighted by Crippen LogP contribution is 2.28. The maximum atomic E-state index is 13.4. The lowest BCUT2D eigenvalue weighted by atomic mass is 10.1. The van der Waals surface area contributed by atoms with Crippen LogP contribution in [0.1, 0.15) is 16.7 Å². The van der Waals surface area contributed by atoms with Crippen molar-refractivity contribution in [1.29, 1.82) is 0 Å². The lowest BCUT2D eigenvalue weighted by Gasteiger charge is -2.23. The van der Waals surface area contributed by atoms with E-state index in [0.717, 1.165) is 21.0 Å². The van der Waals surface area contributed by atoms with Gasteiger partial charge in [-0.3, -0.25) is 4.79 Å². The molecule has 32 heavy (non-hydrogen) atoms. The Hall–Kier alpha value is -3.03. The molecule has 0 aliphatic rings. The van der Waals surface area contributed by atoms with Crippen molar-refractivity contribution in [2.75, 3.05) is 18.0 Å². The molecular formula is C24H24ClNO5S. The van der Waals surface area contributed by atoms with Crippen molar-refractivity contribution in [3.05, 3.63) is 82.4 Å². The summed E-state index contributed by atoms with van der Waals surface area (Å²) in [4.78, 5) is 13.2. The van der Waals surface area contributed by atoms with Gasteiger partial charge in [-0.05, 0) is 80.4 Å². The van der Waals surface area contributed by atoms with Gasteiger partial charge in [0.2, 0.25) is 0 Å². The average molecular weight is 474 g/mol. The van der Waals surface area contributed by atoms with E-state index in [2.05, 4.69) is 0 Å². The number of hydrogen-bond acceptors (Lipinski definition) is 5. The van der Waals surface area contributed by atoms with E-state index in [-0.39, 0.29) is 10.6 Å². The molecule has 3 rings (SSSR count). The summed E-state index contributed by atoms with van der Waals surface area (Å²) < 4.78 is 38.4. The number of halogens is 1. The standard InChI is InChI=1S/C24H24ClNO5S/c1-16-5-11-22(12-6-16)32(28,29)26(19-7-9-20(30-4)10-8-19)23(27)15-31-21-13-17(2)24(25)18(3)14-21/h5-14H,15H2,1-4H3. The van der Waals surface area contributed by atoms with E-state index in [1.54, 1.807) is 36.4 Å². The molecule has 3 aromatic rings. The van der Waals surface area contributed by atoms with Gasteiger partial charge in [0.25, 0.3) is 15.9 Å². The Morgan fingerprint density at radius 3 is 2.00 bits per heavy atom. The van der Waals surface area contributed by atoms with Crippen LogP contribution in [0.3, 0.4) is 0 Å². The number of hydrogen-bond donors (Lipinski definition) is 0. The molecule has 168 valence electrons. The fourth-order valence-corrected chi connectivity index (χ4v) is 4.66. The minimum Gasteiger partial charge on any atom is -0.497 e. The molecule has 0 atom stereocenters. The molecule has 0 aliphatic carbocycles. The maximum Gasteiger partial charge on any atom is 0.278 e. The SMILES string of the molecule is COc1ccc(N(C(=O)COc2cc(C)c(Cl)c(C)c2)S(=O)(=O)c2ccc(C)cc2)cc1. The van der Waals surface area contributed by atoms with Crippen molar-refractivity contribution in [3.8, 4) is 11.5 Å². The number of methoxy groups -OCH3 is 1. The van der Waals surface area contributed by atoms with Gasteiger partial charge < -0.3 is 9.47 Å². The van der Waals surface area contributed by atoms with Crippen LogP contribution in [0, 0.1) is 20.8 Å². The molecule has 0 aromatic heterocycles. The molecule has 8 heteroatoms. The van der Waals surface area contributed by atoms with Crippen LogP contribution in [0.5, 0.6) is 11.5 Å². The first-order valence-electron chi connectivity index (χ1n) is 9.82. The van der Waals surface area contributed by atoms with Gasteiger partial charge in [-0.1, -0.05) is 29.3 Å². The topological polar surface area (TPSA) is 72.9 Å². The van der Waals surface area contributed by atoms with E-state index in [1.807, 2.05) is 20.8 Å². The highest BCUT2D eigenvalue weighted by molar-refractivity contribution is 7.93. The second-order valence-electron chi connectivity index (χ2n) is 7.33. The third kappa shape index (κ3) is 5.06. The number of benzene rings is 3. The molecule has 0 spiro atoms. The highest BCUT2D eigenvalue weighted by atomic mass is 35.5. The molecule has 0 heterocycles. The first-order chi connectivity index (χ1) is 15.1. The lowest BCUT2D eigenvalue weighted by Crippen LogP contribution is -2.40. The number of amides is 1. The summed E-state index contributed by atoms with van der Waals surface area (Å²) in [7, 11) is -2.67. The number of ether oxygens (including phenoxy) is 2. The molecule has 0 bridgehead atoms. The lowest BCUT2D eigenvalue weighted by molar-refractivity contribution is -0.119. The van der Waals surface area contributed by atoms with Gasteiger partial charge in [0.15, 0.2) is 6.61 Å². The highest BCUT2D eigenvalue weighted by Gasteiger charge is 2.31. The van der Waals surface area contributed by atoms with Gasteiger partial charge in [-0.15, -0.1) is 0 Å². The molecule has 3 aromatic carbocycles. The number of nitrogens with zero attached hydrogens (tertiary/aromatic N) is 1. The quantitative estimate of drug-likeness (QED) is 0.478. The first-order valence-corrected chi connectivity index (χ1v) is 11.6. The third-order valence-corrected chi connectivity index (χ3v) is 7.22. The zero-order chi connectivity index (χ0) is 23.5. The maximum absolute atomic E-state index is 13.4. The fraction of sp³-hybridized carbons (Fsp3) is 0.208. The number of rotatable bonds is 7. The third-order valence-electron chi connectivity index (χ3n) is 4.86. The molecule has 0 N–H and O–H groups in total. The van der Waals surface area contributed by atoms with Crippen LogP contribution in [0.25, 0.3) is 0 Å². The molecule has 0 unspecified atom stereocenters. The smallest absolute Gasteiger partial charge is 0.278 e. The number of aryl methyl sites for hydroxylation is 3. The Labute approximate surface area is 193 Å². The van der Waals surface area contributed by atoms with Gasteiger partial charge in [0.1, 0.15) is 11.5 Å². The van der Waals surface area contributed by atoms with Crippen molar-refractivity contribution in [1.82, 2.24) is 0 Å². The van der Waals surface area contributed by atoms with E-state index in [1.165, 1.54) is 31.4 Å². The monoisotopic (exact) mass is 473 g/mol. The summed E-state index contributed by atoms with van der Waals surface area (Å²) >= 11 is 6.19.